The van der Waals surface area contributed by atoms with Gasteiger partial charge < -0.3 is 10.6 Å². The largest absolute Gasteiger partial charge is 0.344 e. The fourth-order valence-corrected chi connectivity index (χ4v) is 2.43. The first-order valence-electron chi connectivity index (χ1n) is 7.59. The third-order valence-corrected chi connectivity index (χ3v) is 3.77. The van der Waals surface area contributed by atoms with Crippen LogP contribution < -0.4 is 10.6 Å². The van der Waals surface area contributed by atoms with Gasteiger partial charge in [-0.2, -0.15) is 0 Å². The zero-order valence-corrected chi connectivity index (χ0v) is 14.0. The summed E-state index contributed by atoms with van der Waals surface area (Å²) in [4.78, 5) is 23.9. The molecule has 0 bridgehead atoms. The Morgan fingerprint density at radius 3 is 2.04 bits per heavy atom. The second-order valence-corrected chi connectivity index (χ2v) is 5.89. The van der Waals surface area contributed by atoms with E-state index in [9.17, 15) is 9.59 Å². The van der Waals surface area contributed by atoms with Crippen molar-refractivity contribution in [2.45, 2.75) is 34.2 Å². The highest BCUT2D eigenvalue weighted by Crippen LogP contribution is 2.16. The molecule has 0 fully saturated rings. The summed E-state index contributed by atoms with van der Waals surface area (Å²) >= 11 is 0. The van der Waals surface area contributed by atoms with Gasteiger partial charge in [0.15, 0.2) is 0 Å². The minimum absolute atomic E-state index is 0.339. The van der Waals surface area contributed by atoms with Crippen LogP contribution in [0.25, 0.3) is 0 Å². The third-order valence-electron chi connectivity index (χ3n) is 3.77. The molecule has 0 spiro atoms. The molecule has 4 heteroatoms. The maximum atomic E-state index is 12.0. The van der Waals surface area contributed by atoms with Gasteiger partial charge in [0.2, 0.25) is 0 Å². The number of nitrogens with one attached hydrogen (secondary N) is 2. The van der Waals surface area contributed by atoms with E-state index in [1.165, 1.54) is 5.56 Å². The molecule has 0 aromatic heterocycles. The Kier molecular flexibility index (Phi) is 5.16. The third kappa shape index (κ3) is 4.42. The molecule has 0 heterocycles. The molecule has 0 aliphatic heterocycles. The molecule has 0 radical (unpaired) electrons. The number of hydrogen-bond acceptors (Lipinski definition) is 2. The SMILES string of the molecule is Cc1ccc(CNC(=O)C(=O)Nc2ccc(C)cc2C)c(C)c1. The van der Waals surface area contributed by atoms with Gasteiger partial charge in [-0.05, 0) is 50.5 Å². The Bertz CT molecular complexity index is 751. The fraction of sp³-hybridized carbons (Fsp3) is 0.263. The van der Waals surface area contributed by atoms with E-state index in [-0.39, 0.29) is 0 Å². The fourth-order valence-electron chi connectivity index (χ4n) is 2.43. The van der Waals surface area contributed by atoms with Gasteiger partial charge in [-0.25, -0.2) is 0 Å². The molecule has 0 aliphatic carbocycles. The maximum Gasteiger partial charge on any atom is 0.313 e. The van der Waals surface area contributed by atoms with Crippen molar-refractivity contribution in [3.63, 3.8) is 0 Å². The summed E-state index contributed by atoms with van der Waals surface area (Å²) in [6, 6.07) is 11.7. The van der Waals surface area contributed by atoms with Gasteiger partial charge in [0.05, 0.1) is 0 Å². The molecule has 0 atom stereocenters. The van der Waals surface area contributed by atoms with Crippen molar-refractivity contribution in [3.8, 4) is 0 Å². The number of benzene rings is 2. The van der Waals surface area contributed by atoms with Crippen molar-refractivity contribution in [1.82, 2.24) is 5.32 Å². The lowest BCUT2D eigenvalue weighted by Gasteiger charge is -2.11. The zero-order chi connectivity index (χ0) is 17.0. The van der Waals surface area contributed by atoms with E-state index in [1.807, 2.05) is 52.0 Å². The Hall–Kier alpha value is -2.62. The topological polar surface area (TPSA) is 58.2 Å². The number of anilines is 1. The lowest BCUT2D eigenvalue weighted by molar-refractivity contribution is -0.136. The van der Waals surface area contributed by atoms with Gasteiger partial charge in [-0.1, -0.05) is 41.5 Å². The Balaban J connectivity index is 1.96. The number of carbonyl (C=O) groups excluding carboxylic acids is 2. The van der Waals surface area contributed by atoms with E-state index in [0.29, 0.717) is 12.2 Å². The smallest absolute Gasteiger partial charge is 0.313 e. The minimum atomic E-state index is -0.651. The van der Waals surface area contributed by atoms with E-state index in [4.69, 9.17) is 0 Å². The van der Waals surface area contributed by atoms with Crippen LogP contribution in [0, 0.1) is 27.7 Å². The monoisotopic (exact) mass is 310 g/mol. The molecule has 0 saturated carbocycles. The number of amides is 2. The molecule has 2 aromatic carbocycles. The molecule has 2 N–H and O–H groups in total. The molecule has 23 heavy (non-hydrogen) atoms. The van der Waals surface area contributed by atoms with Gasteiger partial charge in [0.1, 0.15) is 0 Å². The highest BCUT2D eigenvalue weighted by molar-refractivity contribution is 6.39. The molecule has 2 rings (SSSR count). The van der Waals surface area contributed by atoms with Gasteiger partial charge in [0.25, 0.3) is 0 Å². The van der Waals surface area contributed by atoms with Crippen LogP contribution >= 0.6 is 0 Å². The normalized spacial score (nSPS) is 10.3. The van der Waals surface area contributed by atoms with Gasteiger partial charge >= 0.3 is 11.8 Å². The molecule has 2 aromatic rings. The lowest BCUT2D eigenvalue weighted by Crippen LogP contribution is -2.35. The number of hydrogen-bond donors (Lipinski definition) is 2. The van der Waals surface area contributed by atoms with Gasteiger partial charge in [-0.3, -0.25) is 9.59 Å². The van der Waals surface area contributed by atoms with Crippen molar-refractivity contribution in [1.29, 1.82) is 0 Å². The first-order valence-corrected chi connectivity index (χ1v) is 7.59. The summed E-state index contributed by atoms with van der Waals surface area (Å²) in [5.41, 5.74) is 5.97. The van der Waals surface area contributed by atoms with Gasteiger partial charge in [-0.15, -0.1) is 0 Å². The highest BCUT2D eigenvalue weighted by atomic mass is 16.2. The second kappa shape index (κ2) is 7.09. The van der Waals surface area contributed by atoms with Crippen molar-refractivity contribution in [2.24, 2.45) is 0 Å². The van der Waals surface area contributed by atoms with Crippen molar-refractivity contribution >= 4 is 17.5 Å². The van der Waals surface area contributed by atoms with Crippen LogP contribution in [0.5, 0.6) is 0 Å². The Morgan fingerprint density at radius 2 is 1.43 bits per heavy atom. The number of aryl methyl sites for hydroxylation is 4. The van der Waals surface area contributed by atoms with E-state index in [1.54, 1.807) is 6.07 Å². The standard InChI is InChI=1S/C19H22N2O2/c1-12-5-7-16(14(3)9-12)11-20-18(22)19(23)21-17-8-6-13(2)10-15(17)4/h5-10H,11H2,1-4H3,(H,20,22)(H,21,23). The van der Waals surface area contributed by atoms with Crippen LogP contribution in [-0.4, -0.2) is 11.8 Å². The predicted octanol–water partition coefficient (Wildman–Crippen LogP) is 3.18. The molecule has 120 valence electrons. The lowest BCUT2D eigenvalue weighted by atomic mass is 10.1. The maximum absolute atomic E-state index is 12.0. The quantitative estimate of drug-likeness (QED) is 0.856. The molecule has 2 amide bonds. The summed E-state index contributed by atoms with van der Waals surface area (Å²) in [6.45, 7) is 8.23. The van der Waals surface area contributed by atoms with Crippen LogP contribution in [-0.2, 0) is 16.1 Å². The molecule has 0 aliphatic rings. The molecule has 0 saturated heterocycles. The van der Waals surface area contributed by atoms with Crippen LogP contribution in [0.4, 0.5) is 5.69 Å². The Morgan fingerprint density at radius 1 is 0.826 bits per heavy atom. The summed E-state index contributed by atoms with van der Waals surface area (Å²) in [7, 11) is 0. The van der Waals surface area contributed by atoms with Gasteiger partial charge in [0, 0.05) is 12.2 Å². The van der Waals surface area contributed by atoms with E-state index in [2.05, 4.69) is 16.7 Å². The average Bonchev–Trinajstić information content (AvgIpc) is 2.48. The predicted molar refractivity (Wildman–Crippen MR) is 92.3 cm³/mol. The first-order chi connectivity index (χ1) is 10.9. The van der Waals surface area contributed by atoms with Crippen LogP contribution in [0.3, 0.4) is 0 Å². The van der Waals surface area contributed by atoms with E-state index < -0.39 is 11.8 Å². The molecule has 0 unspecified atom stereocenters. The van der Waals surface area contributed by atoms with Crippen LogP contribution in [0.2, 0.25) is 0 Å². The zero-order valence-electron chi connectivity index (χ0n) is 14.0. The van der Waals surface area contributed by atoms with E-state index >= 15 is 0 Å². The molecular formula is C19H22N2O2. The van der Waals surface area contributed by atoms with Crippen molar-refractivity contribution in [3.05, 3.63) is 64.2 Å². The van der Waals surface area contributed by atoms with Crippen LogP contribution in [0.15, 0.2) is 36.4 Å². The van der Waals surface area contributed by atoms with Crippen molar-refractivity contribution < 1.29 is 9.59 Å². The minimum Gasteiger partial charge on any atom is -0.344 e. The number of rotatable bonds is 3. The highest BCUT2D eigenvalue weighted by Gasteiger charge is 2.14. The van der Waals surface area contributed by atoms with Crippen molar-refractivity contribution in [2.75, 3.05) is 5.32 Å². The summed E-state index contributed by atoms with van der Waals surface area (Å²) in [5, 5.41) is 5.31. The molecule has 4 nitrogen and oxygen atoms in total. The first kappa shape index (κ1) is 16.7. The summed E-state index contributed by atoms with van der Waals surface area (Å²) < 4.78 is 0. The molecular weight excluding hydrogens is 288 g/mol. The summed E-state index contributed by atoms with van der Waals surface area (Å²) in [5.74, 6) is -1.29. The number of carbonyl (C=O) groups is 2. The summed E-state index contributed by atoms with van der Waals surface area (Å²) in [6.07, 6.45) is 0. The Labute approximate surface area is 136 Å². The van der Waals surface area contributed by atoms with E-state index in [0.717, 1.165) is 22.3 Å². The van der Waals surface area contributed by atoms with Crippen LogP contribution in [0.1, 0.15) is 27.8 Å². The average molecular weight is 310 g/mol. The second-order valence-electron chi connectivity index (χ2n) is 5.89.